The normalized spacial score (nSPS) is 23.1. The molecule has 0 aliphatic heterocycles. The zero-order valence-electron chi connectivity index (χ0n) is 11.1. The van der Waals surface area contributed by atoms with E-state index in [0.717, 1.165) is 17.7 Å². The summed E-state index contributed by atoms with van der Waals surface area (Å²) in [6.45, 7) is 3.33. The second-order valence-corrected chi connectivity index (χ2v) is 5.93. The summed E-state index contributed by atoms with van der Waals surface area (Å²) < 4.78 is 0. The molecule has 2 saturated carbocycles. The van der Waals surface area contributed by atoms with Crippen LogP contribution in [0.1, 0.15) is 44.3 Å². The average Bonchev–Trinajstić information content (AvgIpc) is 3.23. The minimum absolute atomic E-state index is 0.138. The number of rotatable bonds is 6. The molecular weight excluding hydrogens is 222 g/mol. The lowest BCUT2D eigenvalue weighted by atomic mass is 10.0. The molecule has 2 aliphatic carbocycles. The number of nitrogens with two attached hydrogens (primary N) is 1. The van der Waals surface area contributed by atoms with Gasteiger partial charge in [0.15, 0.2) is 0 Å². The maximum atomic E-state index is 6.25. The Morgan fingerprint density at radius 1 is 1.33 bits per heavy atom. The fourth-order valence-electron chi connectivity index (χ4n) is 2.79. The smallest absolute Gasteiger partial charge is 0.0673 e. The lowest BCUT2D eigenvalue weighted by Crippen LogP contribution is -2.42. The molecule has 98 valence electrons. The van der Waals surface area contributed by atoms with E-state index in [-0.39, 0.29) is 6.04 Å². The molecule has 2 aliphatic rings. The van der Waals surface area contributed by atoms with Gasteiger partial charge in [-0.1, -0.05) is 6.07 Å². The molecule has 2 N–H and O–H groups in total. The minimum atomic E-state index is 0.138. The van der Waals surface area contributed by atoms with E-state index in [0.29, 0.717) is 6.04 Å². The van der Waals surface area contributed by atoms with Gasteiger partial charge in [-0.05, 0) is 50.7 Å². The second kappa shape index (κ2) is 4.98. The van der Waals surface area contributed by atoms with Crippen molar-refractivity contribution in [3.05, 3.63) is 30.1 Å². The molecule has 0 amide bonds. The van der Waals surface area contributed by atoms with Gasteiger partial charge in [-0.3, -0.25) is 9.88 Å². The van der Waals surface area contributed by atoms with Crippen molar-refractivity contribution in [2.45, 2.75) is 50.7 Å². The lowest BCUT2D eigenvalue weighted by Gasteiger charge is -2.34. The Morgan fingerprint density at radius 2 is 2.11 bits per heavy atom. The van der Waals surface area contributed by atoms with Gasteiger partial charge in [0, 0.05) is 24.8 Å². The summed E-state index contributed by atoms with van der Waals surface area (Å²) >= 11 is 0. The van der Waals surface area contributed by atoms with Crippen LogP contribution < -0.4 is 5.73 Å². The van der Waals surface area contributed by atoms with Gasteiger partial charge in [0.1, 0.15) is 0 Å². The zero-order chi connectivity index (χ0) is 12.5. The maximum Gasteiger partial charge on any atom is 0.0673 e. The Balaban J connectivity index is 1.81. The number of hydrogen-bond donors (Lipinski definition) is 1. The van der Waals surface area contributed by atoms with Crippen molar-refractivity contribution in [1.82, 2.24) is 9.88 Å². The molecule has 0 bridgehead atoms. The summed E-state index contributed by atoms with van der Waals surface area (Å²) in [5.41, 5.74) is 7.39. The first-order chi connectivity index (χ1) is 8.75. The fourth-order valence-corrected chi connectivity index (χ4v) is 2.79. The molecule has 1 heterocycles. The summed E-state index contributed by atoms with van der Waals surface area (Å²) in [4.78, 5) is 7.17. The Morgan fingerprint density at radius 3 is 2.61 bits per heavy atom. The van der Waals surface area contributed by atoms with Crippen LogP contribution in [0.2, 0.25) is 0 Å². The Hall–Kier alpha value is -0.930. The third-order valence-electron chi connectivity index (χ3n) is 4.03. The van der Waals surface area contributed by atoms with Crippen LogP contribution in [0.25, 0.3) is 0 Å². The molecule has 1 aromatic heterocycles. The van der Waals surface area contributed by atoms with Crippen molar-refractivity contribution in [3.8, 4) is 0 Å². The molecule has 2 fully saturated rings. The Bertz CT molecular complexity index is 382. The highest BCUT2D eigenvalue weighted by molar-refractivity contribution is 5.13. The minimum Gasteiger partial charge on any atom is -0.326 e. The van der Waals surface area contributed by atoms with Crippen LogP contribution >= 0.6 is 0 Å². The molecule has 1 aromatic rings. The highest BCUT2D eigenvalue weighted by Crippen LogP contribution is 2.39. The summed E-state index contributed by atoms with van der Waals surface area (Å²) in [6.07, 6.45) is 7.35. The standard InChI is InChI=1S/C15H23N3/c1-11(16)15(14-4-2-3-9-17-14)18(13-7-8-13)10-12-5-6-12/h2-4,9,11-13,15H,5-8,10,16H2,1H3. The van der Waals surface area contributed by atoms with E-state index >= 15 is 0 Å². The summed E-state index contributed by atoms with van der Waals surface area (Å²) in [5, 5.41) is 0. The van der Waals surface area contributed by atoms with Gasteiger partial charge in [-0.2, -0.15) is 0 Å². The van der Waals surface area contributed by atoms with Crippen molar-refractivity contribution < 1.29 is 0 Å². The molecule has 18 heavy (non-hydrogen) atoms. The predicted octanol–water partition coefficient (Wildman–Crippen LogP) is 2.34. The van der Waals surface area contributed by atoms with Crippen LogP contribution in [0, 0.1) is 5.92 Å². The quantitative estimate of drug-likeness (QED) is 0.836. The summed E-state index contributed by atoms with van der Waals surface area (Å²) in [6, 6.07) is 7.35. The molecule has 0 spiro atoms. The Labute approximate surface area is 109 Å². The first kappa shape index (κ1) is 12.1. The van der Waals surface area contributed by atoms with Crippen molar-refractivity contribution in [3.63, 3.8) is 0 Å². The van der Waals surface area contributed by atoms with Crippen LogP contribution in [0.3, 0.4) is 0 Å². The Kier molecular flexibility index (Phi) is 3.35. The molecule has 2 unspecified atom stereocenters. The molecule has 3 rings (SSSR count). The highest BCUT2D eigenvalue weighted by atomic mass is 15.2. The van der Waals surface area contributed by atoms with E-state index in [9.17, 15) is 0 Å². The van der Waals surface area contributed by atoms with E-state index < -0.39 is 0 Å². The topological polar surface area (TPSA) is 42.1 Å². The monoisotopic (exact) mass is 245 g/mol. The van der Waals surface area contributed by atoms with Gasteiger partial charge in [0.25, 0.3) is 0 Å². The second-order valence-electron chi connectivity index (χ2n) is 5.93. The number of pyridine rings is 1. The highest BCUT2D eigenvalue weighted by Gasteiger charge is 2.39. The van der Waals surface area contributed by atoms with Gasteiger partial charge in [-0.15, -0.1) is 0 Å². The first-order valence-electron chi connectivity index (χ1n) is 7.18. The maximum absolute atomic E-state index is 6.25. The number of aromatic nitrogens is 1. The van der Waals surface area contributed by atoms with Crippen LogP contribution in [-0.4, -0.2) is 28.5 Å². The fraction of sp³-hybridized carbons (Fsp3) is 0.667. The van der Waals surface area contributed by atoms with Crippen molar-refractivity contribution >= 4 is 0 Å². The van der Waals surface area contributed by atoms with Gasteiger partial charge in [0.05, 0.1) is 11.7 Å². The molecule has 0 radical (unpaired) electrons. The predicted molar refractivity (Wildman–Crippen MR) is 73.1 cm³/mol. The number of nitrogens with zero attached hydrogens (tertiary/aromatic N) is 2. The molecule has 3 heteroatoms. The van der Waals surface area contributed by atoms with Gasteiger partial charge in [-0.25, -0.2) is 0 Å². The van der Waals surface area contributed by atoms with E-state index in [1.807, 2.05) is 12.3 Å². The van der Waals surface area contributed by atoms with Crippen LogP contribution in [0.4, 0.5) is 0 Å². The largest absolute Gasteiger partial charge is 0.326 e. The van der Waals surface area contributed by atoms with E-state index in [4.69, 9.17) is 5.73 Å². The SMILES string of the molecule is CC(N)C(c1ccccn1)N(CC1CC1)C1CC1. The third-order valence-corrected chi connectivity index (χ3v) is 4.03. The third kappa shape index (κ3) is 2.73. The van der Waals surface area contributed by atoms with Crippen LogP contribution in [0.15, 0.2) is 24.4 Å². The van der Waals surface area contributed by atoms with Crippen molar-refractivity contribution in [2.75, 3.05) is 6.54 Å². The number of hydrogen-bond acceptors (Lipinski definition) is 3. The average molecular weight is 245 g/mol. The van der Waals surface area contributed by atoms with Gasteiger partial charge < -0.3 is 5.73 Å². The van der Waals surface area contributed by atoms with E-state index in [1.54, 1.807) is 0 Å². The van der Waals surface area contributed by atoms with Crippen molar-refractivity contribution in [1.29, 1.82) is 0 Å². The first-order valence-corrected chi connectivity index (χ1v) is 7.18. The van der Waals surface area contributed by atoms with Crippen molar-refractivity contribution in [2.24, 2.45) is 11.7 Å². The van der Waals surface area contributed by atoms with E-state index in [1.165, 1.54) is 32.2 Å². The molecule has 0 saturated heterocycles. The molecular formula is C15H23N3. The van der Waals surface area contributed by atoms with Gasteiger partial charge >= 0.3 is 0 Å². The van der Waals surface area contributed by atoms with E-state index in [2.05, 4.69) is 28.9 Å². The summed E-state index contributed by atoms with van der Waals surface area (Å²) in [5.74, 6) is 0.913. The van der Waals surface area contributed by atoms with Crippen LogP contribution in [0.5, 0.6) is 0 Å². The zero-order valence-corrected chi connectivity index (χ0v) is 11.1. The van der Waals surface area contributed by atoms with Crippen LogP contribution in [-0.2, 0) is 0 Å². The van der Waals surface area contributed by atoms with Gasteiger partial charge in [0.2, 0.25) is 0 Å². The molecule has 3 nitrogen and oxygen atoms in total. The lowest BCUT2D eigenvalue weighted by molar-refractivity contribution is 0.155. The molecule has 0 aromatic carbocycles. The molecule has 2 atom stereocenters. The summed E-state index contributed by atoms with van der Waals surface area (Å²) in [7, 11) is 0.